The second kappa shape index (κ2) is 6.75. The molecule has 2 unspecified atom stereocenters. The third-order valence-electron chi connectivity index (χ3n) is 5.06. The average molecular weight is 390 g/mol. The molecular weight excluding hydrogens is 372 g/mol. The number of amides is 1. The number of primary amides is 1. The summed E-state index contributed by atoms with van der Waals surface area (Å²) in [6.45, 7) is 0. The summed E-state index contributed by atoms with van der Waals surface area (Å²) in [7, 11) is 0. The molecule has 2 aliphatic rings. The molecule has 28 heavy (non-hydrogen) atoms. The molecule has 7 heteroatoms. The standard InChI is InChI=1S/C21H18N4O2S/c22-11-15-16(13-7-3-1-4-8-13)17(19(24)26)20-25(18(15)23)21(27,12-28-20)14-9-5-2-6-10-14/h1-10,16,27H,12,23H2,(H2,24,26). The minimum atomic E-state index is -1.48. The Labute approximate surface area is 166 Å². The van der Waals surface area contributed by atoms with Crippen molar-refractivity contribution in [3.05, 3.63) is 93.8 Å². The summed E-state index contributed by atoms with van der Waals surface area (Å²) in [4.78, 5) is 13.9. The SMILES string of the molecule is N#CC1=C(N)N2C(=C(C(N)=O)C1c1ccccc1)SCC2(O)c1ccccc1. The number of rotatable bonds is 3. The van der Waals surface area contributed by atoms with E-state index in [1.54, 1.807) is 12.1 Å². The van der Waals surface area contributed by atoms with Crippen LogP contribution in [-0.2, 0) is 10.5 Å². The van der Waals surface area contributed by atoms with E-state index in [2.05, 4.69) is 6.07 Å². The lowest BCUT2D eigenvalue weighted by molar-refractivity contribution is -0.115. The fraction of sp³-hybridized carbons (Fsp3) is 0.143. The van der Waals surface area contributed by atoms with Crippen LogP contribution in [0.5, 0.6) is 0 Å². The molecule has 2 atom stereocenters. The van der Waals surface area contributed by atoms with Gasteiger partial charge in [0.1, 0.15) is 5.82 Å². The molecule has 2 aliphatic heterocycles. The summed E-state index contributed by atoms with van der Waals surface area (Å²) in [5.74, 6) is -0.920. The fourth-order valence-corrected chi connectivity index (χ4v) is 5.16. The van der Waals surface area contributed by atoms with E-state index >= 15 is 0 Å². The van der Waals surface area contributed by atoms with Crippen molar-refractivity contribution in [3.63, 3.8) is 0 Å². The lowest BCUT2D eigenvalue weighted by Gasteiger charge is -2.40. The van der Waals surface area contributed by atoms with Gasteiger partial charge in [-0.3, -0.25) is 9.69 Å². The molecule has 1 fully saturated rings. The molecular formula is C21H18N4O2S. The van der Waals surface area contributed by atoms with Crippen molar-refractivity contribution in [2.24, 2.45) is 11.5 Å². The Bertz CT molecular complexity index is 1040. The van der Waals surface area contributed by atoms with Gasteiger partial charge < -0.3 is 16.6 Å². The summed E-state index contributed by atoms with van der Waals surface area (Å²) in [5, 5.41) is 21.9. The number of fused-ring (bicyclic) bond motifs is 1. The maximum absolute atomic E-state index is 12.5. The van der Waals surface area contributed by atoms with E-state index in [1.165, 1.54) is 16.7 Å². The van der Waals surface area contributed by atoms with Gasteiger partial charge in [0.25, 0.3) is 0 Å². The molecule has 2 heterocycles. The van der Waals surface area contributed by atoms with Gasteiger partial charge in [-0.1, -0.05) is 60.7 Å². The Morgan fingerprint density at radius 1 is 1.18 bits per heavy atom. The number of allylic oxidation sites excluding steroid dienone is 1. The summed E-state index contributed by atoms with van der Waals surface area (Å²) in [6.07, 6.45) is 0. The van der Waals surface area contributed by atoms with Gasteiger partial charge in [-0.2, -0.15) is 5.26 Å². The first-order chi connectivity index (χ1) is 13.5. The third-order valence-corrected chi connectivity index (χ3v) is 6.29. The normalized spacial score (nSPS) is 24.1. The zero-order valence-electron chi connectivity index (χ0n) is 14.9. The van der Waals surface area contributed by atoms with Crippen LogP contribution >= 0.6 is 11.8 Å². The fourth-order valence-electron chi connectivity index (χ4n) is 3.77. The molecule has 6 nitrogen and oxygen atoms in total. The maximum atomic E-state index is 12.5. The van der Waals surface area contributed by atoms with E-state index in [0.29, 0.717) is 10.6 Å². The van der Waals surface area contributed by atoms with E-state index in [0.717, 1.165) is 5.56 Å². The topological polar surface area (TPSA) is 116 Å². The number of nitrogens with zero attached hydrogens (tertiary/aromatic N) is 2. The van der Waals surface area contributed by atoms with Crippen LogP contribution in [0.3, 0.4) is 0 Å². The van der Waals surface area contributed by atoms with Crippen molar-refractivity contribution in [3.8, 4) is 6.07 Å². The number of hydrogen-bond donors (Lipinski definition) is 3. The predicted octanol–water partition coefficient (Wildman–Crippen LogP) is 2.07. The number of nitriles is 1. The lowest BCUT2D eigenvalue weighted by Crippen LogP contribution is -2.47. The first-order valence-corrected chi connectivity index (χ1v) is 9.67. The summed E-state index contributed by atoms with van der Waals surface area (Å²) in [5.41, 5.74) is 12.5. The number of benzene rings is 2. The van der Waals surface area contributed by atoms with E-state index in [1.807, 2.05) is 48.5 Å². The Hall–Kier alpha value is -3.21. The highest BCUT2D eigenvalue weighted by Gasteiger charge is 2.51. The van der Waals surface area contributed by atoms with Crippen LogP contribution < -0.4 is 11.5 Å². The van der Waals surface area contributed by atoms with Crippen molar-refractivity contribution in [1.82, 2.24) is 4.90 Å². The first kappa shape index (κ1) is 18.2. The third kappa shape index (κ3) is 2.58. The van der Waals surface area contributed by atoms with Crippen LogP contribution in [0.4, 0.5) is 0 Å². The van der Waals surface area contributed by atoms with Crippen molar-refractivity contribution in [2.45, 2.75) is 11.6 Å². The zero-order chi connectivity index (χ0) is 19.9. The second-order valence-electron chi connectivity index (χ2n) is 6.64. The highest BCUT2D eigenvalue weighted by molar-refractivity contribution is 8.03. The van der Waals surface area contributed by atoms with Crippen LogP contribution in [0.25, 0.3) is 0 Å². The number of carbonyl (C=O) groups excluding carboxylic acids is 1. The Morgan fingerprint density at radius 3 is 2.36 bits per heavy atom. The average Bonchev–Trinajstić information content (AvgIpc) is 3.07. The summed E-state index contributed by atoms with van der Waals surface area (Å²) >= 11 is 1.31. The summed E-state index contributed by atoms with van der Waals surface area (Å²) < 4.78 is 0. The lowest BCUT2D eigenvalue weighted by atomic mass is 9.82. The minimum absolute atomic E-state index is 0.132. The molecule has 5 N–H and O–H groups in total. The zero-order valence-corrected chi connectivity index (χ0v) is 15.7. The van der Waals surface area contributed by atoms with Crippen LogP contribution in [0.2, 0.25) is 0 Å². The van der Waals surface area contributed by atoms with E-state index < -0.39 is 17.6 Å². The van der Waals surface area contributed by atoms with Gasteiger partial charge in [0.05, 0.1) is 33.9 Å². The van der Waals surface area contributed by atoms with Gasteiger partial charge in [-0.15, -0.1) is 11.8 Å². The maximum Gasteiger partial charge on any atom is 0.248 e. The molecule has 1 saturated heterocycles. The van der Waals surface area contributed by atoms with Crippen LogP contribution in [0.1, 0.15) is 17.0 Å². The molecule has 0 bridgehead atoms. The molecule has 0 spiro atoms. The molecule has 0 aromatic heterocycles. The Balaban J connectivity index is 1.96. The monoisotopic (exact) mass is 390 g/mol. The quantitative estimate of drug-likeness (QED) is 0.739. The Morgan fingerprint density at radius 2 is 1.79 bits per heavy atom. The van der Waals surface area contributed by atoms with Crippen LogP contribution in [-0.4, -0.2) is 21.7 Å². The van der Waals surface area contributed by atoms with Crippen LogP contribution in [0, 0.1) is 11.3 Å². The number of aliphatic hydroxyl groups is 1. The van der Waals surface area contributed by atoms with Gasteiger partial charge in [0.15, 0.2) is 5.72 Å². The van der Waals surface area contributed by atoms with Gasteiger partial charge in [0.2, 0.25) is 5.91 Å². The van der Waals surface area contributed by atoms with Gasteiger partial charge in [0, 0.05) is 5.56 Å². The van der Waals surface area contributed by atoms with Gasteiger partial charge in [-0.05, 0) is 5.56 Å². The van der Waals surface area contributed by atoms with Gasteiger partial charge in [-0.25, -0.2) is 0 Å². The van der Waals surface area contributed by atoms with Crippen molar-refractivity contribution >= 4 is 17.7 Å². The number of nitrogens with two attached hydrogens (primary N) is 2. The van der Waals surface area contributed by atoms with Crippen molar-refractivity contribution < 1.29 is 9.90 Å². The number of hydrogen-bond acceptors (Lipinski definition) is 6. The largest absolute Gasteiger partial charge is 0.384 e. The molecule has 2 aromatic carbocycles. The van der Waals surface area contributed by atoms with Crippen LogP contribution in [0.15, 0.2) is 82.7 Å². The number of thioether (sulfide) groups is 1. The van der Waals surface area contributed by atoms with E-state index in [9.17, 15) is 15.2 Å². The molecule has 0 aliphatic carbocycles. The molecule has 0 radical (unpaired) electrons. The van der Waals surface area contributed by atoms with Crippen molar-refractivity contribution in [2.75, 3.05) is 5.75 Å². The smallest absolute Gasteiger partial charge is 0.248 e. The van der Waals surface area contributed by atoms with Gasteiger partial charge >= 0.3 is 0 Å². The minimum Gasteiger partial charge on any atom is -0.384 e. The highest BCUT2D eigenvalue weighted by atomic mass is 32.2. The Kier molecular flexibility index (Phi) is 4.38. The molecule has 140 valence electrons. The number of carbonyl (C=O) groups is 1. The predicted molar refractivity (Wildman–Crippen MR) is 107 cm³/mol. The molecule has 1 amide bonds. The molecule has 0 saturated carbocycles. The second-order valence-corrected chi connectivity index (χ2v) is 7.61. The highest BCUT2D eigenvalue weighted by Crippen LogP contribution is 2.53. The van der Waals surface area contributed by atoms with Crippen molar-refractivity contribution in [1.29, 1.82) is 5.26 Å². The first-order valence-electron chi connectivity index (χ1n) is 8.68. The molecule has 4 rings (SSSR count). The molecule has 2 aromatic rings. The summed E-state index contributed by atoms with van der Waals surface area (Å²) in [6, 6.07) is 20.4. The van der Waals surface area contributed by atoms with E-state index in [4.69, 9.17) is 11.5 Å². The van der Waals surface area contributed by atoms with E-state index in [-0.39, 0.29) is 22.7 Å².